The first-order valence-electron chi connectivity index (χ1n) is 13.5. The molecule has 40 heavy (non-hydrogen) atoms. The number of aryl methyl sites for hydroxylation is 1. The second kappa shape index (κ2) is 12.2. The van der Waals surface area contributed by atoms with Crippen LogP contribution in [0.4, 0.5) is 0 Å². The molecule has 0 saturated carbocycles. The van der Waals surface area contributed by atoms with E-state index in [0.29, 0.717) is 28.8 Å². The average Bonchev–Trinajstić information content (AvgIpc) is 3.17. The van der Waals surface area contributed by atoms with Crippen molar-refractivity contribution in [2.75, 3.05) is 7.11 Å². The van der Waals surface area contributed by atoms with Crippen molar-refractivity contribution in [2.24, 2.45) is 0 Å². The number of carbonyl (C=O) groups is 2. The summed E-state index contributed by atoms with van der Waals surface area (Å²) < 4.78 is 12.6. The van der Waals surface area contributed by atoms with E-state index >= 15 is 0 Å². The number of amides is 1. The number of benzene rings is 3. The van der Waals surface area contributed by atoms with Crippen molar-refractivity contribution < 1.29 is 19.1 Å². The number of nitrogens with zero attached hydrogens (tertiary/aromatic N) is 1. The van der Waals surface area contributed by atoms with Crippen LogP contribution < -0.4 is 10.1 Å². The van der Waals surface area contributed by atoms with E-state index in [1.165, 1.54) is 12.7 Å². The highest BCUT2D eigenvalue weighted by molar-refractivity contribution is 6.31. The van der Waals surface area contributed by atoms with Crippen LogP contribution in [0.5, 0.6) is 5.75 Å². The Balaban J connectivity index is 1.55. The molecule has 1 N–H and O–H groups in total. The molecule has 0 aliphatic heterocycles. The molecule has 6 nitrogen and oxygen atoms in total. The van der Waals surface area contributed by atoms with E-state index in [2.05, 4.69) is 55.8 Å². The van der Waals surface area contributed by atoms with E-state index in [4.69, 9.17) is 21.1 Å². The van der Waals surface area contributed by atoms with Crippen LogP contribution in [0.2, 0.25) is 5.02 Å². The van der Waals surface area contributed by atoms with E-state index in [1.807, 2.05) is 37.3 Å². The highest BCUT2D eigenvalue weighted by atomic mass is 35.5. The van der Waals surface area contributed by atoms with Crippen LogP contribution in [-0.4, -0.2) is 29.7 Å². The smallest absolute Gasteiger partial charge is 0.346 e. The zero-order chi connectivity index (χ0) is 29.1. The molecule has 0 aliphatic rings. The van der Waals surface area contributed by atoms with Crippen molar-refractivity contribution in [1.29, 1.82) is 0 Å². The molecular weight excluding hydrogens is 524 g/mol. The van der Waals surface area contributed by atoms with E-state index in [0.717, 1.165) is 33.3 Å². The van der Waals surface area contributed by atoms with E-state index in [9.17, 15) is 9.59 Å². The summed E-state index contributed by atoms with van der Waals surface area (Å²) in [7, 11) is 1.33. The monoisotopic (exact) mass is 560 g/mol. The highest BCUT2D eigenvalue weighted by Crippen LogP contribution is 2.30. The van der Waals surface area contributed by atoms with Crippen LogP contribution in [-0.2, 0) is 16.1 Å². The van der Waals surface area contributed by atoms with Gasteiger partial charge in [-0.1, -0.05) is 55.8 Å². The zero-order valence-corrected chi connectivity index (χ0v) is 24.9. The SMILES string of the molecule is COC(=O)C(C)Oc1ccc(Cn2c(C)c(C)c3cc(C(=O)NC(C)c4cccc(C(C)C)c4)ccc32)c(Cl)c1. The lowest BCUT2D eigenvalue weighted by Gasteiger charge is -2.17. The number of nitrogens with one attached hydrogen (secondary N) is 1. The molecule has 4 rings (SSSR count). The third-order valence-electron chi connectivity index (χ3n) is 7.53. The van der Waals surface area contributed by atoms with Gasteiger partial charge in [-0.25, -0.2) is 4.79 Å². The molecule has 7 heteroatoms. The summed E-state index contributed by atoms with van der Waals surface area (Å²) in [6.45, 7) is 12.7. The molecule has 0 radical (unpaired) electrons. The molecule has 2 atom stereocenters. The van der Waals surface area contributed by atoms with Gasteiger partial charge in [0.15, 0.2) is 6.10 Å². The minimum Gasteiger partial charge on any atom is -0.479 e. The lowest BCUT2D eigenvalue weighted by atomic mass is 9.98. The lowest BCUT2D eigenvalue weighted by molar-refractivity contribution is -0.147. The number of aromatic nitrogens is 1. The number of halogens is 1. The fraction of sp³-hybridized carbons (Fsp3) is 0.333. The van der Waals surface area contributed by atoms with Crippen LogP contribution in [0.3, 0.4) is 0 Å². The topological polar surface area (TPSA) is 69.6 Å². The molecule has 0 spiro atoms. The standard InChI is InChI=1S/C33H37ClN2O4/c1-19(2)24-9-8-10-25(15-24)21(4)35-32(37)26-12-14-31-29(16-26)20(3)22(5)36(31)18-27-11-13-28(17-30(27)34)40-23(6)33(38)39-7/h8-17,19,21,23H,18H2,1-7H3,(H,35,37). The largest absolute Gasteiger partial charge is 0.479 e. The Morgan fingerprint density at radius 2 is 1.68 bits per heavy atom. The second-order valence-corrected chi connectivity index (χ2v) is 11.0. The van der Waals surface area contributed by atoms with Crippen molar-refractivity contribution in [3.05, 3.63) is 99.2 Å². The Morgan fingerprint density at radius 3 is 2.35 bits per heavy atom. The van der Waals surface area contributed by atoms with E-state index in [-0.39, 0.29) is 11.9 Å². The van der Waals surface area contributed by atoms with Crippen LogP contribution in [0.25, 0.3) is 10.9 Å². The summed E-state index contributed by atoms with van der Waals surface area (Å²) in [4.78, 5) is 24.9. The van der Waals surface area contributed by atoms with Gasteiger partial charge in [0.25, 0.3) is 5.91 Å². The van der Waals surface area contributed by atoms with Crippen LogP contribution in [0.1, 0.15) is 78.0 Å². The molecular formula is C33H37ClN2O4. The maximum Gasteiger partial charge on any atom is 0.346 e. The van der Waals surface area contributed by atoms with Gasteiger partial charge in [0, 0.05) is 33.7 Å². The highest BCUT2D eigenvalue weighted by Gasteiger charge is 2.18. The Kier molecular flexibility index (Phi) is 8.89. The summed E-state index contributed by atoms with van der Waals surface area (Å²) in [5.74, 6) is 0.372. The predicted molar refractivity (Wildman–Crippen MR) is 160 cm³/mol. The molecule has 0 fully saturated rings. The second-order valence-electron chi connectivity index (χ2n) is 10.6. The fourth-order valence-electron chi connectivity index (χ4n) is 4.86. The van der Waals surface area contributed by atoms with Crippen LogP contribution >= 0.6 is 11.6 Å². The van der Waals surface area contributed by atoms with Crippen molar-refractivity contribution in [1.82, 2.24) is 9.88 Å². The number of fused-ring (bicyclic) bond motifs is 1. The number of hydrogen-bond donors (Lipinski definition) is 1. The van der Waals surface area contributed by atoms with Crippen molar-refractivity contribution in [3.8, 4) is 5.75 Å². The first-order chi connectivity index (χ1) is 19.0. The molecule has 0 saturated heterocycles. The minimum absolute atomic E-state index is 0.103. The molecule has 0 aliphatic carbocycles. The van der Waals surface area contributed by atoms with Crippen LogP contribution in [0.15, 0.2) is 60.7 Å². The number of esters is 1. The lowest BCUT2D eigenvalue weighted by Crippen LogP contribution is -2.26. The molecule has 2 unspecified atom stereocenters. The number of methoxy groups -OCH3 is 1. The van der Waals surface area contributed by atoms with Gasteiger partial charge >= 0.3 is 5.97 Å². The summed E-state index contributed by atoms with van der Waals surface area (Å²) in [6, 6.07) is 19.5. The van der Waals surface area contributed by atoms with Crippen molar-refractivity contribution >= 4 is 34.4 Å². The molecule has 1 aromatic heterocycles. The predicted octanol–water partition coefficient (Wildman–Crippen LogP) is 7.51. The first-order valence-corrected chi connectivity index (χ1v) is 13.9. The maximum atomic E-state index is 13.2. The Hall–Kier alpha value is -3.77. The van der Waals surface area contributed by atoms with Gasteiger partial charge < -0.3 is 19.4 Å². The number of rotatable bonds is 9. The fourth-order valence-corrected chi connectivity index (χ4v) is 5.09. The zero-order valence-electron chi connectivity index (χ0n) is 24.2. The molecule has 0 bridgehead atoms. The summed E-state index contributed by atoms with van der Waals surface area (Å²) in [6.07, 6.45) is -0.732. The summed E-state index contributed by atoms with van der Waals surface area (Å²) >= 11 is 6.62. The molecule has 210 valence electrons. The first kappa shape index (κ1) is 29.2. The van der Waals surface area contributed by atoms with Gasteiger partial charge in [0.2, 0.25) is 0 Å². The normalized spacial score (nSPS) is 12.8. The summed E-state index contributed by atoms with van der Waals surface area (Å²) in [5, 5.41) is 4.73. The third-order valence-corrected chi connectivity index (χ3v) is 7.88. The third kappa shape index (κ3) is 6.18. The minimum atomic E-state index is -0.732. The molecule has 3 aromatic carbocycles. The Morgan fingerprint density at radius 1 is 0.950 bits per heavy atom. The van der Waals surface area contributed by atoms with Gasteiger partial charge in [-0.3, -0.25) is 4.79 Å². The Bertz CT molecular complexity index is 1560. The van der Waals surface area contributed by atoms with Gasteiger partial charge in [-0.2, -0.15) is 0 Å². The van der Waals surface area contributed by atoms with Gasteiger partial charge in [0.1, 0.15) is 5.75 Å². The van der Waals surface area contributed by atoms with Gasteiger partial charge in [0.05, 0.1) is 13.2 Å². The Labute approximate surface area is 241 Å². The average molecular weight is 561 g/mol. The number of hydrogen-bond acceptors (Lipinski definition) is 4. The van der Waals surface area contributed by atoms with Crippen molar-refractivity contribution in [2.45, 2.75) is 66.2 Å². The van der Waals surface area contributed by atoms with Crippen LogP contribution in [0, 0.1) is 13.8 Å². The number of ether oxygens (including phenoxy) is 2. The van der Waals surface area contributed by atoms with E-state index in [1.54, 1.807) is 19.1 Å². The summed E-state index contributed by atoms with van der Waals surface area (Å²) in [5.41, 5.74) is 7.13. The maximum absolute atomic E-state index is 13.2. The quantitative estimate of drug-likeness (QED) is 0.215. The van der Waals surface area contributed by atoms with Crippen molar-refractivity contribution in [3.63, 3.8) is 0 Å². The van der Waals surface area contributed by atoms with E-state index < -0.39 is 12.1 Å². The van der Waals surface area contributed by atoms with Gasteiger partial charge in [-0.05, 0) is 86.2 Å². The molecule has 1 amide bonds. The number of carbonyl (C=O) groups excluding carboxylic acids is 2. The molecule has 1 heterocycles. The van der Waals surface area contributed by atoms with Gasteiger partial charge in [-0.15, -0.1) is 0 Å². The molecule has 4 aromatic rings.